The Morgan fingerprint density at radius 2 is 2.11 bits per heavy atom. The Labute approximate surface area is 112 Å². The average Bonchev–Trinajstić information content (AvgIpc) is 2.38. The van der Waals surface area contributed by atoms with Gasteiger partial charge in [-0.2, -0.15) is 5.10 Å². The van der Waals surface area contributed by atoms with Gasteiger partial charge in [-0.15, -0.1) is 5.10 Å². The Morgan fingerprint density at radius 3 is 2.89 bits per heavy atom. The molecule has 0 atom stereocenters. The van der Waals surface area contributed by atoms with Gasteiger partial charge in [0.1, 0.15) is 0 Å². The normalized spacial score (nSPS) is 10.7. The minimum Gasteiger partial charge on any atom is -0.368 e. The summed E-state index contributed by atoms with van der Waals surface area (Å²) in [5.74, 6) is 0.756. The molecule has 0 aliphatic carbocycles. The predicted octanol–water partition coefficient (Wildman–Crippen LogP) is 1.96. The first-order valence-corrected chi connectivity index (χ1v) is 6.40. The van der Waals surface area contributed by atoms with Gasteiger partial charge in [0.25, 0.3) is 0 Å². The highest BCUT2D eigenvalue weighted by molar-refractivity contribution is 5.91. The van der Waals surface area contributed by atoms with Crippen molar-refractivity contribution in [1.82, 2.24) is 15.5 Å². The molecule has 5 nitrogen and oxygen atoms in total. The number of nitrogens with one attached hydrogen (secondary N) is 2. The highest BCUT2D eigenvalue weighted by Crippen LogP contribution is 2.18. The second-order valence-corrected chi connectivity index (χ2v) is 4.68. The van der Waals surface area contributed by atoms with Gasteiger partial charge in [-0.1, -0.05) is 24.3 Å². The maximum absolute atomic E-state index is 11.5. The summed E-state index contributed by atoms with van der Waals surface area (Å²) >= 11 is 0. The second kappa shape index (κ2) is 6.13. The van der Waals surface area contributed by atoms with E-state index in [1.165, 1.54) is 0 Å². The van der Waals surface area contributed by atoms with Crippen LogP contribution >= 0.6 is 0 Å². The van der Waals surface area contributed by atoms with Crippen molar-refractivity contribution in [3.8, 4) is 0 Å². The summed E-state index contributed by atoms with van der Waals surface area (Å²) < 4.78 is 0. The summed E-state index contributed by atoms with van der Waals surface area (Å²) in [5, 5.41) is 16.1. The molecular formula is C14H18N4O. The number of hydrogen-bond donors (Lipinski definition) is 2. The van der Waals surface area contributed by atoms with Gasteiger partial charge in [0.05, 0.1) is 6.20 Å². The molecule has 19 heavy (non-hydrogen) atoms. The second-order valence-electron chi connectivity index (χ2n) is 4.68. The summed E-state index contributed by atoms with van der Waals surface area (Å²) in [6.45, 7) is 4.43. The molecule has 1 heterocycles. The van der Waals surface area contributed by atoms with Crippen LogP contribution in [0.5, 0.6) is 0 Å². The first-order chi connectivity index (χ1) is 9.16. The minimum absolute atomic E-state index is 0.0377. The van der Waals surface area contributed by atoms with Crippen molar-refractivity contribution in [2.75, 3.05) is 11.9 Å². The van der Waals surface area contributed by atoms with Crippen molar-refractivity contribution in [3.05, 3.63) is 30.5 Å². The summed E-state index contributed by atoms with van der Waals surface area (Å²) in [4.78, 5) is 11.5. The molecule has 0 aliphatic heterocycles. The highest BCUT2D eigenvalue weighted by Gasteiger charge is 2.05. The van der Waals surface area contributed by atoms with E-state index in [0.717, 1.165) is 16.6 Å². The first-order valence-electron chi connectivity index (χ1n) is 6.40. The molecule has 1 aromatic heterocycles. The molecule has 0 spiro atoms. The van der Waals surface area contributed by atoms with Gasteiger partial charge in [0.2, 0.25) is 5.91 Å². The van der Waals surface area contributed by atoms with E-state index in [4.69, 9.17) is 0 Å². The Bertz CT molecular complexity index is 563. The molecule has 0 saturated heterocycles. The Hall–Kier alpha value is -2.17. The number of hydrogen-bond acceptors (Lipinski definition) is 4. The fourth-order valence-electron chi connectivity index (χ4n) is 1.85. The molecule has 0 aliphatic rings. The lowest BCUT2D eigenvalue weighted by atomic mass is 10.2. The molecular weight excluding hydrogens is 240 g/mol. The fraction of sp³-hybridized carbons (Fsp3) is 0.357. The van der Waals surface area contributed by atoms with Crippen LogP contribution in [0.4, 0.5) is 5.82 Å². The van der Waals surface area contributed by atoms with Crippen LogP contribution in [0.3, 0.4) is 0 Å². The first kappa shape index (κ1) is 13.3. The van der Waals surface area contributed by atoms with Crippen molar-refractivity contribution >= 4 is 22.5 Å². The number of nitrogens with zero attached hydrogens (tertiary/aromatic N) is 2. The number of amides is 1. The molecule has 0 fully saturated rings. The molecule has 2 rings (SSSR count). The molecule has 2 aromatic rings. The van der Waals surface area contributed by atoms with Crippen LogP contribution in [0.1, 0.15) is 20.3 Å². The van der Waals surface area contributed by atoms with Crippen LogP contribution in [-0.4, -0.2) is 28.7 Å². The van der Waals surface area contributed by atoms with Gasteiger partial charge in [0.15, 0.2) is 5.82 Å². The van der Waals surface area contributed by atoms with Gasteiger partial charge >= 0.3 is 0 Å². The highest BCUT2D eigenvalue weighted by atomic mass is 16.1. The van der Waals surface area contributed by atoms with Crippen LogP contribution < -0.4 is 10.6 Å². The van der Waals surface area contributed by atoms with Crippen molar-refractivity contribution in [1.29, 1.82) is 0 Å². The summed E-state index contributed by atoms with van der Waals surface area (Å²) in [6.07, 6.45) is 2.15. The molecule has 1 aromatic carbocycles. The van der Waals surface area contributed by atoms with Crippen LogP contribution in [0.2, 0.25) is 0 Å². The van der Waals surface area contributed by atoms with Crippen molar-refractivity contribution in [2.24, 2.45) is 0 Å². The molecule has 100 valence electrons. The third kappa shape index (κ3) is 3.64. The van der Waals surface area contributed by atoms with Gasteiger partial charge < -0.3 is 10.6 Å². The number of rotatable bonds is 5. The zero-order valence-electron chi connectivity index (χ0n) is 11.2. The van der Waals surface area contributed by atoms with Gasteiger partial charge in [-0.3, -0.25) is 4.79 Å². The number of aromatic nitrogens is 2. The SMILES string of the molecule is CC(C)NC(=O)CCNc1nncc2ccccc12. The zero-order chi connectivity index (χ0) is 13.7. The maximum Gasteiger partial charge on any atom is 0.221 e. The molecule has 2 N–H and O–H groups in total. The number of fused-ring (bicyclic) bond motifs is 1. The van der Waals surface area contributed by atoms with E-state index in [9.17, 15) is 4.79 Å². The molecule has 5 heteroatoms. The maximum atomic E-state index is 11.5. The van der Waals surface area contributed by atoms with Crippen molar-refractivity contribution in [3.63, 3.8) is 0 Å². The Morgan fingerprint density at radius 1 is 1.32 bits per heavy atom. The molecule has 0 unspecified atom stereocenters. The van der Waals surface area contributed by atoms with Crippen LogP contribution in [0.25, 0.3) is 10.8 Å². The van der Waals surface area contributed by atoms with E-state index < -0.39 is 0 Å². The molecule has 0 bridgehead atoms. The number of benzene rings is 1. The number of anilines is 1. The molecule has 1 amide bonds. The van der Waals surface area contributed by atoms with Gasteiger partial charge in [-0.25, -0.2) is 0 Å². The summed E-state index contributed by atoms with van der Waals surface area (Å²) in [6, 6.07) is 8.07. The van der Waals surface area contributed by atoms with Crippen LogP contribution in [0, 0.1) is 0 Å². The smallest absolute Gasteiger partial charge is 0.221 e. The topological polar surface area (TPSA) is 66.9 Å². The standard InChI is InChI=1S/C14H18N4O/c1-10(2)17-13(19)7-8-15-14-12-6-4-3-5-11(12)9-16-18-14/h3-6,9-10H,7-8H2,1-2H3,(H,15,18)(H,17,19). The fourth-order valence-corrected chi connectivity index (χ4v) is 1.85. The number of carbonyl (C=O) groups excluding carboxylic acids is 1. The lowest BCUT2D eigenvalue weighted by molar-refractivity contribution is -0.121. The Balaban J connectivity index is 1.97. The van der Waals surface area contributed by atoms with Crippen LogP contribution in [0.15, 0.2) is 30.5 Å². The van der Waals surface area contributed by atoms with Crippen molar-refractivity contribution < 1.29 is 4.79 Å². The lowest BCUT2D eigenvalue weighted by Crippen LogP contribution is -2.31. The van der Waals surface area contributed by atoms with E-state index in [0.29, 0.717) is 13.0 Å². The zero-order valence-corrected chi connectivity index (χ0v) is 11.2. The van der Waals surface area contributed by atoms with E-state index in [-0.39, 0.29) is 11.9 Å². The van der Waals surface area contributed by atoms with E-state index in [1.54, 1.807) is 6.20 Å². The van der Waals surface area contributed by atoms with Gasteiger partial charge in [0, 0.05) is 29.8 Å². The van der Waals surface area contributed by atoms with Gasteiger partial charge in [-0.05, 0) is 13.8 Å². The predicted molar refractivity (Wildman–Crippen MR) is 75.9 cm³/mol. The monoisotopic (exact) mass is 258 g/mol. The third-order valence-electron chi connectivity index (χ3n) is 2.66. The summed E-state index contributed by atoms with van der Waals surface area (Å²) in [7, 11) is 0. The Kier molecular flexibility index (Phi) is 4.28. The van der Waals surface area contributed by atoms with Crippen molar-refractivity contribution in [2.45, 2.75) is 26.3 Å². The number of carbonyl (C=O) groups is 1. The quantitative estimate of drug-likeness (QED) is 0.860. The summed E-state index contributed by atoms with van der Waals surface area (Å²) in [5.41, 5.74) is 0. The van der Waals surface area contributed by atoms with E-state index in [2.05, 4.69) is 20.8 Å². The molecule has 0 saturated carbocycles. The van der Waals surface area contributed by atoms with E-state index >= 15 is 0 Å². The lowest BCUT2D eigenvalue weighted by Gasteiger charge is -2.10. The molecule has 0 radical (unpaired) electrons. The largest absolute Gasteiger partial charge is 0.368 e. The minimum atomic E-state index is 0.0377. The van der Waals surface area contributed by atoms with E-state index in [1.807, 2.05) is 38.1 Å². The average molecular weight is 258 g/mol. The third-order valence-corrected chi connectivity index (χ3v) is 2.66. The van der Waals surface area contributed by atoms with Crippen LogP contribution in [-0.2, 0) is 4.79 Å².